The van der Waals surface area contributed by atoms with Crippen molar-refractivity contribution in [3.8, 4) is 0 Å². The van der Waals surface area contributed by atoms with E-state index in [4.69, 9.17) is 10.3 Å². The summed E-state index contributed by atoms with van der Waals surface area (Å²) in [5.41, 5.74) is 7.48. The topological polar surface area (TPSA) is 72.4 Å². The number of nitrogens with zero attached hydrogens (tertiary/aromatic N) is 2. The number of rotatable bonds is 2. The molecule has 0 bridgehead atoms. The first-order valence-corrected chi connectivity index (χ1v) is 5.53. The van der Waals surface area contributed by atoms with Crippen molar-refractivity contribution in [2.45, 2.75) is 32.7 Å². The lowest BCUT2D eigenvalue weighted by atomic mass is 10.1. The summed E-state index contributed by atoms with van der Waals surface area (Å²) in [4.78, 5) is 13.8. The van der Waals surface area contributed by atoms with Gasteiger partial charge in [-0.25, -0.2) is 0 Å². The van der Waals surface area contributed by atoms with Crippen LogP contribution < -0.4 is 5.73 Å². The van der Waals surface area contributed by atoms with Crippen LogP contribution in [0.1, 0.15) is 23.4 Å². The summed E-state index contributed by atoms with van der Waals surface area (Å²) in [7, 11) is 0. The fourth-order valence-electron chi connectivity index (χ4n) is 2.03. The van der Waals surface area contributed by atoms with Gasteiger partial charge in [-0.05, 0) is 20.3 Å². The van der Waals surface area contributed by atoms with Gasteiger partial charge in [0.2, 0.25) is 5.91 Å². The lowest BCUT2D eigenvalue weighted by molar-refractivity contribution is -0.129. The van der Waals surface area contributed by atoms with Crippen LogP contribution in [0.25, 0.3) is 0 Å². The lowest BCUT2D eigenvalue weighted by Gasteiger charge is -2.15. The average molecular weight is 260 g/mol. The second kappa shape index (κ2) is 5.51. The molecule has 6 heteroatoms. The highest BCUT2D eigenvalue weighted by molar-refractivity contribution is 5.85. The highest BCUT2D eigenvalue weighted by atomic mass is 35.5. The van der Waals surface area contributed by atoms with Crippen molar-refractivity contribution in [2.24, 2.45) is 5.73 Å². The summed E-state index contributed by atoms with van der Waals surface area (Å²) in [5.74, 6) is 0.844. The van der Waals surface area contributed by atoms with Crippen molar-refractivity contribution in [1.29, 1.82) is 0 Å². The zero-order valence-electron chi connectivity index (χ0n) is 10.1. The molecule has 0 aromatic carbocycles. The minimum absolute atomic E-state index is 0. The summed E-state index contributed by atoms with van der Waals surface area (Å²) in [6, 6.07) is 0.133. The second-order valence-electron chi connectivity index (χ2n) is 4.37. The van der Waals surface area contributed by atoms with Crippen molar-refractivity contribution in [3.05, 3.63) is 17.0 Å². The van der Waals surface area contributed by atoms with E-state index in [0.717, 1.165) is 30.0 Å². The minimum Gasteiger partial charge on any atom is -0.361 e. The predicted octanol–water partition coefficient (Wildman–Crippen LogP) is 0.815. The van der Waals surface area contributed by atoms with Crippen molar-refractivity contribution in [2.75, 3.05) is 13.1 Å². The molecular weight excluding hydrogens is 242 g/mol. The number of carbonyl (C=O) groups excluding carboxylic acids is 1. The molecule has 0 aliphatic carbocycles. The minimum atomic E-state index is 0. The number of carbonyl (C=O) groups is 1. The molecule has 0 spiro atoms. The molecule has 1 aliphatic heterocycles. The Labute approximate surface area is 107 Å². The molecular formula is C11H18ClN3O2. The van der Waals surface area contributed by atoms with Crippen LogP contribution in [0.4, 0.5) is 0 Å². The van der Waals surface area contributed by atoms with E-state index in [1.165, 1.54) is 0 Å². The predicted molar refractivity (Wildman–Crippen MR) is 66.1 cm³/mol. The smallest absolute Gasteiger partial charge is 0.227 e. The molecule has 96 valence electrons. The molecule has 0 saturated carbocycles. The Morgan fingerprint density at radius 3 is 2.76 bits per heavy atom. The quantitative estimate of drug-likeness (QED) is 0.853. The molecule has 1 fully saturated rings. The molecule has 1 amide bonds. The molecule has 2 rings (SSSR count). The molecule has 2 heterocycles. The van der Waals surface area contributed by atoms with E-state index in [1.54, 1.807) is 0 Å². The number of hydrogen-bond acceptors (Lipinski definition) is 4. The Hall–Kier alpha value is -1.07. The van der Waals surface area contributed by atoms with Gasteiger partial charge >= 0.3 is 0 Å². The first-order chi connectivity index (χ1) is 7.58. The van der Waals surface area contributed by atoms with Gasteiger partial charge in [0.25, 0.3) is 0 Å². The number of hydrogen-bond donors (Lipinski definition) is 1. The largest absolute Gasteiger partial charge is 0.361 e. The molecule has 1 saturated heterocycles. The maximum absolute atomic E-state index is 12.0. The zero-order chi connectivity index (χ0) is 11.7. The number of amides is 1. The molecule has 5 nitrogen and oxygen atoms in total. The van der Waals surface area contributed by atoms with Gasteiger partial charge in [-0.1, -0.05) is 5.16 Å². The SMILES string of the molecule is Cc1noc(C)c1CC(=O)N1CC[C@H](N)C1.Cl. The van der Waals surface area contributed by atoms with Crippen LogP contribution in [-0.2, 0) is 11.2 Å². The fraction of sp³-hybridized carbons (Fsp3) is 0.636. The summed E-state index contributed by atoms with van der Waals surface area (Å²) in [5, 5.41) is 3.84. The highest BCUT2D eigenvalue weighted by Gasteiger charge is 2.25. The summed E-state index contributed by atoms with van der Waals surface area (Å²) >= 11 is 0. The van der Waals surface area contributed by atoms with Gasteiger partial charge in [0.15, 0.2) is 0 Å². The van der Waals surface area contributed by atoms with Gasteiger partial charge in [0, 0.05) is 24.7 Å². The molecule has 1 atom stereocenters. The van der Waals surface area contributed by atoms with E-state index in [2.05, 4.69) is 5.16 Å². The third-order valence-corrected chi connectivity index (χ3v) is 3.09. The van der Waals surface area contributed by atoms with Crippen LogP contribution in [0.15, 0.2) is 4.52 Å². The van der Waals surface area contributed by atoms with Crippen molar-refractivity contribution >= 4 is 18.3 Å². The van der Waals surface area contributed by atoms with Gasteiger partial charge in [-0.15, -0.1) is 12.4 Å². The third kappa shape index (κ3) is 2.98. The zero-order valence-corrected chi connectivity index (χ0v) is 10.9. The number of aromatic nitrogens is 1. The van der Waals surface area contributed by atoms with Gasteiger partial charge < -0.3 is 15.2 Å². The van der Waals surface area contributed by atoms with Crippen LogP contribution in [0.2, 0.25) is 0 Å². The van der Waals surface area contributed by atoms with Crippen LogP contribution in [0.3, 0.4) is 0 Å². The van der Waals surface area contributed by atoms with Crippen molar-refractivity contribution in [3.63, 3.8) is 0 Å². The van der Waals surface area contributed by atoms with E-state index in [9.17, 15) is 4.79 Å². The molecule has 0 radical (unpaired) electrons. The summed E-state index contributed by atoms with van der Waals surface area (Å²) in [6.45, 7) is 5.12. The molecule has 1 aliphatic rings. The van der Waals surface area contributed by atoms with Gasteiger partial charge in [0.1, 0.15) is 5.76 Å². The van der Waals surface area contributed by atoms with E-state index in [0.29, 0.717) is 13.0 Å². The Morgan fingerprint density at radius 2 is 2.29 bits per heavy atom. The number of nitrogens with two attached hydrogens (primary N) is 1. The number of likely N-dealkylation sites (tertiary alicyclic amines) is 1. The Bertz CT molecular complexity index is 386. The van der Waals surface area contributed by atoms with Crippen molar-refractivity contribution < 1.29 is 9.32 Å². The maximum Gasteiger partial charge on any atom is 0.227 e. The summed E-state index contributed by atoms with van der Waals surface area (Å²) < 4.78 is 5.03. The number of aryl methyl sites for hydroxylation is 2. The lowest BCUT2D eigenvalue weighted by Crippen LogP contribution is -2.33. The Balaban J connectivity index is 0.00000144. The molecule has 1 aromatic rings. The first-order valence-electron chi connectivity index (χ1n) is 5.53. The van der Waals surface area contributed by atoms with Gasteiger partial charge in [0.05, 0.1) is 12.1 Å². The van der Waals surface area contributed by atoms with Crippen LogP contribution >= 0.6 is 12.4 Å². The highest BCUT2D eigenvalue weighted by Crippen LogP contribution is 2.16. The Morgan fingerprint density at radius 1 is 1.59 bits per heavy atom. The fourth-order valence-corrected chi connectivity index (χ4v) is 2.03. The standard InChI is InChI=1S/C11H17N3O2.ClH/c1-7-10(8(2)16-13-7)5-11(15)14-4-3-9(12)6-14;/h9H,3-6,12H2,1-2H3;1H/t9-;/m0./s1. The first kappa shape index (κ1) is 14.0. The second-order valence-corrected chi connectivity index (χ2v) is 4.37. The average Bonchev–Trinajstić information content (AvgIpc) is 2.79. The molecule has 17 heavy (non-hydrogen) atoms. The van der Waals surface area contributed by atoms with Gasteiger partial charge in [-0.3, -0.25) is 4.79 Å². The van der Waals surface area contributed by atoms with E-state index in [-0.39, 0.29) is 24.4 Å². The molecule has 1 aromatic heterocycles. The summed E-state index contributed by atoms with van der Waals surface area (Å²) in [6.07, 6.45) is 1.27. The van der Waals surface area contributed by atoms with E-state index in [1.807, 2.05) is 18.7 Å². The van der Waals surface area contributed by atoms with E-state index < -0.39 is 0 Å². The van der Waals surface area contributed by atoms with Crippen LogP contribution in [-0.4, -0.2) is 35.1 Å². The molecule has 2 N–H and O–H groups in total. The van der Waals surface area contributed by atoms with Crippen LogP contribution in [0.5, 0.6) is 0 Å². The Kier molecular flexibility index (Phi) is 4.54. The monoisotopic (exact) mass is 259 g/mol. The van der Waals surface area contributed by atoms with Crippen LogP contribution in [0, 0.1) is 13.8 Å². The number of halogens is 1. The normalized spacial score (nSPS) is 19.2. The van der Waals surface area contributed by atoms with Crippen molar-refractivity contribution in [1.82, 2.24) is 10.1 Å². The maximum atomic E-state index is 12.0. The molecule has 0 unspecified atom stereocenters. The van der Waals surface area contributed by atoms with Gasteiger partial charge in [-0.2, -0.15) is 0 Å². The third-order valence-electron chi connectivity index (χ3n) is 3.09. The van der Waals surface area contributed by atoms with E-state index >= 15 is 0 Å².